The van der Waals surface area contributed by atoms with Gasteiger partial charge in [-0.05, 0) is 62.3 Å². The van der Waals surface area contributed by atoms with Crippen molar-refractivity contribution in [2.75, 3.05) is 6.61 Å². The van der Waals surface area contributed by atoms with Gasteiger partial charge in [0.25, 0.3) is 0 Å². The number of fused-ring (bicyclic) bond motifs is 3. The smallest absolute Gasteiger partial charge is 0.226 e. The molecule has 5 rings (SSSR count). The van der Waals surface area contributed by atoms with E-state index in [0.29, 0.717) is 18.3 Å². The molecule has 0 spiro atoms. The first-order valence-electron chi connectivity index (χ1n) is 10.8. The van der Waals surface area contributed by atoms with Crippen molar-refractivity contribution in [3.05, 3.63) is 70.4 Å². The first-order valence-corrected chi connectivity index (χ1v) is 11.7. The average molecular weight is 431 g/mol. The Labute approximate surface area is 186 Å². The van der Waals surface area contributed by atoms with E-state index in [1.165, 1.54) is 34.4 Å². The predicted octanol–water partition coefficient (Wildman–Crippen LogP) is 4.89. The highest BCUT2D eigenvalue weighted by atomic mass is 32.1. The average Bonchev–Trinajstić information content (AvgIpc) is 3.18. The van der Waals surface area contributed by atoms with Gasteiger partial charge in [-0.1, -0.05) is 29.8 Å². The summed E-state index contributed by atoms with van der Waals surface area (Å²) in [6, 6.07) is 12.3. The lowest BCUT2D eigenvalue weighted by atomic mass is 9.97. The number of aromatic nitrogens is 3. The monoisotopic (exact) mass is 430 g/mol. The SMILES string of the molecule is Cc1ccc(CC(N)COc2nc(-c3ccncc3)nc3sc4c(c23)CCCC4)cc1. The van der Waals surface area contributed by atoms with Gasteiger partial charge in [0.1, 0.15) is 11.4 Å². The van der Waals surface area contributed by atoms with E-state index in [4.69, 9.17) is 20.4 Å². The van der Waals surface area contributed by atoms with Crippen LogP contribution in [0.4, 0.5) is 0 Å². The molecule has 4 aromatic rings. The lowest BCUT2D eigenvalue weighted by Crippen LogP contribution is -2.30. The van der Waals surface area contributed by atoms with Gasteiger partial charge in [0.15, 0.2) is 5.82 Å². The van der Waals surface area contributed by atoms with E-state index in [-0.39, 0.29) is 6.04 Å². The maximum Gasteiger partial charge on any atom is 0.226 e. The first kappa shape index (κ1) is 20.1. The predicted molar refractivity (Wildman–Crippen MR) is 126 cm³/mol. The number of benzene rings is 1. The van der Waals surface area contributed by atoms with Gasteiger partial charge in [-0.25, -0.2) is 4.98 Å². The van der Waals surface area contributed by atoms with Gasteiger partial charge in [-0.3, -0.25) is 4.98 Å². The summed E-state index contributed by atoms with van der Waals surface area (Å²) in [6.07, 6.45) is 8.93. The molecule has 1 aliphatic rings. The summed E-state index contributed by atoms with van der Waals surface area (Å²) in [5, 5.41) is 1.08. The summed E-state index contributed by atoms with van der Waals surface area (Å²) < 4.78 is 6.28. The van der Waals surface area contributed by atoms with Gasteiger partial charge in [0, 0.05) is 28.9 Å². The zero-order chi connectivity index (χ0) is 21.2. The molecule has 1 aromatic carbocycles. The minimum Gasteiger partial charge on any atom is -0.475 e. The molecule has 0 bridgehead atoms. The Morgan fingerprint density at radius 3 is 2.61 bits per heavy atom. The molecular weight excluding hydrogens is 404 g/mol. The zero-order valence-electron chi connectivity index (χ0n) is 17.7. The Balaban J connectivity index is 1.45. The molecule has 5 nitrogen and oxygen atoms in total. The van der Waals surface area contributed by atoms with Crippen molar-refractivity contribution in [3.8, 4) is 17.3 Å². The van der Waals surface area contributed by atoms with E-state index in [9.17, 15) is 0 Å². The minimum atomic E-state index is -0.105. The maximum atomic E-state index is 6.42. The van der Waals surface area contributed by atoms with Crippen LogP contribution in [0.15, 0.2) is 48.8 Å². The van der Waals surface area contributed by atoms with E-state index < -0.39 is 0 Å². The molecule has 2 N–H and O–H groups in total. The largest absolute Gasteiger partial charge is 0.475 e. The fourth-order valence-corrected chi connectivity index (χ4v) is 5.38. The van der Waals surface area contributed by atoms with Crippen LogP contribution in [0.3, 0.4) is 0 Å². The summed E-state index contributed by atoms with van der Waals surface area (Å²) in [6.45, 7) is 2.51. The van der Waals surface area contributed by atoms with Gasteiger partial charge < -0.3 is 10.5 Å². The van der Waals surface area contributed by atoms with Crippen LogP contribution in [0.25, 0.3) is 21.6 Å². The van der Waals surface area contributed by atoms with Crippen LogP contribution in [0.2, 0.25) is 0 Å². The topological polar surface area (TPSA) is 73.9 Å². The Morgan fingerprint density at radius 1 is 1.03 bits per heavy atom. The van der Waals surface area contributed by atoms with Crippen molar-refractivity contribution >= 4 is 21.6 Å². The van der Waals surface area contributed by atoms with E-state index in [2.05, 4.69) is 36.2 Å². The molecule has 1 aliphatic carbocycles. The van der Waals surface area contributed by atoms with E-state index in [0.717, 1.165) is 35.0 Å². The van der Waals surface area contributed by atoms with Crippen molar-refractivity contribution in [1.29, 1.82) is 0 Å². The minimum absolute atomic E-state index is 0.105. The number of thiophene rings is 1. The van der Waals surface area contributed by atoms with Gasteiger partial charge in [0.2, 0.25) is 5.88 Å². The Hall–Kier alpha value is -2.83. The third-order valence-corrected chi connectivity index (χ3v) is 6.96. The van der Waals surface area contributed by atoms with Gasteiger partial charge in [-0.2, -0.15) is 4.98 Å². The molecule has 0 amide bonds. The molecule has 6 heteroatoms. The second kappa shape index (κ2) is 8.73. The number of nitrogens with zero attached hydrogens (tertiary/aromatic N) is 3. The van der Waals surface area contributed by atoms with Crippen LogP contribution in [0.5, 0.6) is 5.88 Å². The van der Waals surface area contributed by atoms with Gasteiger partial charge >= 0.3 is 0 Å². The summed E-state index contributed by atoms with van der Waals surface area (Å²) in [4.78, 5) is 16.3. The van der Waals surface area contributed by atoms with Crippen molar-refractivity contribution in [1.82, 2.24) is 15.0 Å². The fraction of sp³-hybridized carbons (Fsp3) is 0.320. The van der Waals surface area contributed by atoms with E-state index in [1.54, 1.807) is 23.7 Å². The number of aryl methyl sites for hydroxylation is 3. The summed E-state index contributed by atoms with van der Waals surface area (Å²) in [5.74, 6) is 1.34. The highest BCUT2D eigenvalue weighted by Gasteiger charge is 2.23. The Bertz CT molecular complexity index is 1190. The van der Waals surface area contributed by atoms with Crippen molar-refractivity contribution in [2.24, 2.45) is 5.73 Å². The zero-order valence-corrected chi connectivity index (χ0v) is 18.5. The second-order valence-electron chi connectivity index (χ2n) is 8.24. The van der Waals surface area contributed by atoms with Crippen LogP contribution in [-0.2, 0) is 19.3 Å². The molecule has 158 valence electrons. The lowest BCUT2D eigenvalue weighted by Gasteiger charge is -2.16. The summed E-state index contributed by atoms with van der Waals surface area (Å²) in [5.41, 5.74) is 11.2. The molecular formula is C25H26N4OS. The number of rotatable bonds is 6. The highest BCUT2D eigenvalue weighted by Crippen LogP contribution is 2.40. The molecule has 0 saturated carbocycles. The number of nitrogens with two attached hydrogens (primary N) is 1. The normalized spacial score (nSPS) is 14.4. The first-order chi connectivity index (χ1) is 15.2. The fourth-order valence-electron chi connectivity index (χ4n) is 4.13. The molecule has 0 radical (unpaired) electrons. The standard InChI is InChI=1S/C25H26N4OS/c1-16-6-8-17(9-7-16)14-19(26)15-30-24-22-20-4-2-3-5-21(20)31-25(22)29-23(28-24)18-10-12-27-13-11-18/h6-13,19H,2-5,14-15,26H2,1H3. The molecule has 0 fully saturated rings. The van der Waals surface area contributed by atoms with Crippen LogP contribution >= 0.6 is 11.3 Å². The molecule has 1 atom stereocenters. The van der Waals surface area contributed by atoms with Crippen molar-refractivity contribution < 1.29 is 4.74 Å². The molecule has 1 unspecified atom stereocenters. The number of pyridine rings is 1. The third kappa shape index (κ3) is 4.31. The molecule has 3 heterocycles. The van der Waals surface area contributed by atoms with Crippen LogP contribution in [-0.4, -0.2) is 27.6 Å². The second-order valence-corrected chi connectivity index (χ2v) is 9.32. The summed E-state index contributed by atoms with van der Waals surface area (Å²) in [7, 11) is 0. The van der Waals surface area contributed by atoms with Gasteiger partial charge in [-0.15, -0.1) is 11.3 Å². The number of ether oxygens (including phenoxy) is 1. The van der Waals surface area contributed by atoms with Crippen LogP contribution in [0.1, 0.15) is 34.4 Å². The van der Waals surface area contributed by atoms with Crippen molar-refractivity contribution in [2.45, 2.75) is 45.1 Å². The molecule has 0 saturated heterocycles. The lowest BCUT2D eigenvalue weighted by molar-refractivity contribution is 0.280. The quantitative estimate of drug-likeness (QED) is 0.471. The maximum absolute atomic E-state index is 6.42. The summed E-state index contributed by atoms with van der Waals surface area (Å²) >= 11 is 1.78. The molecule has 31 heavy (non-hydrogen) atoms. The molecule has 0 aliphatic heterocycles. The van der Waals surface area contributed by atoms with E-state index >= 15 is 0 Å². The third-order valence-electron chi connectivity index (χ3n) is 5.77. The highest BCUT2D eigenvalue weighted by molar-refractivity contribution is 7.18. The van der Waals surface area contributed by atoms with Crippen LogP contribution < -0.4 is 10.5 Å². The van der Waals surface area contributed by atoms with Crippen molar-refractivity contribution in [3.63, 3.8) is 0 Å². The number of hydrogen-bond donors (Lipinski definition) is 1. The Morgan fingerprint density at radius 2 is 1.81 bits per heavy atom. The Kier molecular flexibility index (Phi) is 5.66. The molecule has 3 aromatic heterocycles. The van der Waals surface area contributed by atoms with E-state index in [1.807, 2.05) is 12.1 Å². The van der Waals surface area contributed by atoms with Gasteiger partial charge in [0.05, 0.1) is 5.39 Å². The number of hydrogen-bond acceptors (Lipinski definition) is 6. The van der Waals surface area contributed by atoms with Crippen LogP contribution in [0, 0.1) is 6.92 Å².